The van der Waals surface area contributed by atoms with Crippen LogP contribution in [-0.2, 0) is 49.3 Å². The maximum absolute atomic E-state index is 13.2. The molecule has 2 aliphatic carbocycles. The van der Waals surface area contributed by atoms with Crippen molar-refractivity contribution in [3.63, 3.8) is 0 Å². The number of aromatic hydroxyl groups is 1. The molecule has 7 aromatic carbocycles. The van der Waals surface area contributed by atoms with Gasteiger partial charge in [0.25, 0.3) is 11.8 Å². The molecule has 0 aromatic heterocycles. The van der Waals surface area contributed by atoms with Gasteiger partial charge in [0.2, 0.25) is 11.1 Å². The molecular weight excluding hydrogens is 1770 g/mol. The van der Waals surface area contributed by atoms with Gasteiger partial charge in [0.15, 0.2) is 51.8 Å². The van der Waals surface area contributed by atoms with Crippen molar-refractivity contribution >= 4 is 74.4 Å². The van der Waals surface area contributed by atoms with Crippen molar-refractivity contribution in [2.45, 2.75) is 322 Å². The number of hydrazine groups is 1. The highest BCUT2D eigenvalue weighted by atomic mass is 32.2. The SMILES string of the molecule is CC(C[Si](C)(O[Si](C)(C)C)O[Si](C)(C)O[Si](C)(C)C)c1ccccc1.CC(Oc1ccccc1C#N)C(=O)N(C)O.CCCCCCCCCCC(Oc1ccc(S(=O)Oc2ccc(O)cc2)cc1)C(=O)NNc1ccc(OC(C)CCC)cc1.CCCOc1cc2c(cc1OCCC)C1(CC2(C)C)CC(C)(C)c2cc(OCCC)c(OCCC)cc21.CN1C(=O)NC2NC(=O)NC21. The number of hydrogen-bond donors (Lipinski definition) is 7. The average molecular weight is 1920 g/mol. The summed E-state index contributed by atoms with van der Waals surface area (Å²) in [6.45, 7) is 51.1. The van der Waals surface area contributed by atoms with Gasteiger partial charge in [0.1, 0.15) is 47.1 Å². The van der Waals surface area contributed by atoms with Crippen molar-refractivity contribution < 1.29 is 83.4 Å². The summed E-state index contributed by atoms with van der Waals surface area (Å²) in [6, 6.07) is 49.2. The summed E-state index contributed by atoms with van der Waals surface area (Å²) in [5.41, 5.74) is 13.7. The number of urea groups is 2. The highest BCUT2D eigenvalue weighted by Gasteiger charge is 2.57. The number of anilines is 1. The van der Waals surface area contributed by atoms with Gasteiger partial charge in [-0.2, -0.15) is 5.26 Å². The number of fused-ring (bicyclic) bond motifs is 5. The topological polar surface area (TPSA) is 318 Å². The molecule has 0 saturated carbocycles. The Balaban J connectivity index is 0.000000243. The summed E-state index contributed by atoms with van der Waals surface area (Å²) >= 11 is -1.75. The summed E-state index contributed by atoms with van der Waals surface area (Å²) in [6.07, 6.45) is 16.0. The van der Waals surface area contributed by atoms with Gasteiger partial charge in [-0.25, -0.2) is 18.9 Å². The fourth-order valence-corrected chi connectivity index (χ4v) is 36.3. The first-order valence-corrected chi connectivity index (χ1v) is 60.8. The number of carbonyl (C=O) groups excluding carboxylic acids is 4. The van der Waals surface area contributed by atoms with E-state index in [0.29, 0.717) is 71.5 Å². The molecule has 133 heavy (non-hydrogen) atoms. The third kappa shape index (κ3) is 34.6. The number of rotatable bonds is 45. The number of hydrogen-bond acceptors (Lipinski definition) is 20. The Kier molecular flexibility index (Phi) is 43.1. The first-order valence-electron chi connectivity index (χ1n) is 47.6. The third-order valence-electron chi connectivity index (χ3n) is 22.6. The molecule has 4 aliphatic rings. The maximum Gasteiger partial charge on any atom is 0.320 e. The number of para-hydroxylation sites is 1. The van der Waals surface area contributed by atoms with E-state index < -0.39 is 63.0 Å². The van der Waals surface area contributed by atoms with Crippen molar-refractivity contribution in [3.05, 3.63) is 185 Å². The summed E-state index contributed by atoms with van der Waals surface area (Å²) in [7, 11) is -5.06. The Morgan fingerprint density at radius 3 is 1.53 bits per heavy atom. The zero-order valence-electron chi connectivity index (χ0n) is 83.6. The van der Waals surface area contributed by atoms with Crippen LogP contribution in [0, 0.1) is 11.3 Å². The lowest BCUT2D eigenvalue weighted by Gasteiger charge is -2.42. The minimum atomic E-state index is -2.35. The molecule has 2 heterocycles. The molecule has 7 N–H and O–H groups in total. The van der Waals surface area contributed by atoms with Crippen LogP contribution in [0.15, 0.2) is 157 Å². The fourth-order valence-electron chi connectivity index (χ4n) is 17.2. The number of benzene rings is 7. The predicted molar refractivity (Wildman–Crippen MR) is 539 cm³/mol. The molecule has 31 heteroatoms. The molecule has 0 radical (unpaired) electrons. The van der Waals surface area contributed by atoms with Crippen LogP contribution in [0.3, 0.4) is 0 Å². The van der Waals surface area contributed by atoms with Gasteiger partial charge < -0.3 is 75.6 Å². The Bertz CT molecular complexity index is 4780. The Morgan fingerprint density at radius 1 is 0.564 bits per heavy atom. The normalized spacial score (nSPS) is 16.7. The molecule has 0 bridgehead atoms. The second-order valence-corrected chi connectivity index (χ2v) is 56.2. The Morgan fingerprint density at radius 2 is 1.05 bits per heavy atom. The van der Waals surface area contributed by atoms with Crippen molar-refractivity contribution in [3.8, 4) is 57.8 Å². The van der Waals surface area contributed by atoms with Crippen LogP contribution in [0.5, 0.6) is 51.7 Å². The largest absolute Gasteiger partial charge is 0.508 e. The number of nitrogens with one attached hydrogen (secondary N) is 5. The Hall–Kier alpha value is -9.63. The third-order valence-corrected chi connectivity index (χ3v) is 37.2. The quantitative estimate of drug-likeness (QED) is 0.00807. The smallest absolute Gasteiger partial charge is 0.320 e. The van der Waals surface area contributed by atoms with Gasteiger partial charge in [0, 0.05) is 19.5 Å². The highest BCUT2D eigenvalue weighted by Crippen LogP contribution is 2.65. The summed E-state index contributed by atoms with van der Waals surface area (Å²) < 4.78 is 80.4. The van der Waals surface area contributed by atoms with E-state index in [9.17, 15) is 28.5 Å². The lowest BCUT2D eigenvalue weighted by Crippen LogP contribution is -2.57. The number of phenolic OH excluding ortho intramolecular Hbond substituents is 1. The van der Waals surface area contributed by atoms with Gasteiger partial charge in [-0.05, 0) is 290 Å². The standard InChI is InChI=1S/C35H48N2O6S.C33H48O4.C18H38O3Si4.C11H12N2O3.C5H8N4O2/c1-4-6-7-8-9-10-11-12-14-34(35(39)37-36-28-15-19-30(20-16-28)41-27(3)13-5-2)42-31-23-25-33(26-24-31)44(40)43-32-21-17-29(38)18-22-32;1-9-13-34-27-17-23-25(19-29(27)36-15-11-3)33(21-31(23,5)6)22-32(7,8)24-18-28(35-14-10-2)30(20-26(24)33)37-16-12-4;1-17(18-14-12-11-13-15-18)16-25(10,20-23(5,6)7)21-24(8,9)19-22(2,3)4;1-8(11(14)13(2)15)16-10-6-4-3-5-9(10)7-12;1-9-3-2(7-5(9)11)6-4(10)8-3/h15-27,34,36,38H,4-14H2,1-3H3,(H,37,39);17-20H,9-16,21-22H2,1-8H3;11-15,17H,16H2,1-10H3;3-6,8,15H,1-2H3;2-3H,1H3,(H,7,11)(H2,6,8,10). The first-order chi connectivity index (χ1) is 62.9. The lowest BCUT2D eigenvalue weighted by atomic mass is 9.72. The predicted octanol–water partition coefficient (Wildman–Crippen LogP) is 23.0. The number of likely N-dealkylation sites (N-methyl/N-ethyl adjacent to an activating group) is 2. The number of nitrogens with zero attached hydrogens (tertiary/aromatic N) is 3. The number of amides is 6. The van der Waals surface area contributed by atoms with E-state index in [1.807, 2.05) is 30.3 Å². The maximum atomic E-state index is 13.2. The molecular formula is C102H154N8O18SSi4. The average Bonchev–Trinajstić information content (AvgIpc) is 1.52. The highest BCUT2D eigenvalue weighted by molar-refractivity contribution is 7.80. The van der Waals surface area contributed by atoms with Crippen molar-refractivity contribution in [1.29, 1.82) is 5.26 Å². The van der Waals surface area contributed by atoms with E-state index >= 15 is 0 Å². The molecule has 8 unspecified atom stereocenters. The van der Waals surface area contributed by atoms with Crippen LogP contribution in [-0.4, -0.2) is 153 Å². The van der Waals surface area contributed by atoms with Crippen LogP contribution in [0.4, 0.5) is 15.3 Å². The van der Waals surface area contributed by atoms with E-state index in [1.54, 1.807) is 67.7 Å². The molecule has 26 nitrogen and oxygen atoms in total. The number of carbonyl (C=O) groups is 4. The minimum absolute atomic E-state index is 0.0163. The molecule has 2 fully saturated rings. The van der Waals surface area contributed by atoms with Crippen molar-refractivity contribution in [1.82, 2.24) is 31.3 Å². The summed E-state index contributed by atoms with van der Waals surface area (Å²) in [5, 5.41) is 35.4. The first kappa shape index (κ1) is 110. The van der Waals surface area contributed by atoms with E-state index in [0.717, 1.165) is 111 Å². The zero-order chi connectivity index (χ0) is 98.1. The zero-order valence-corrected chi connectivity index (χ0v) is 88.4. The van der Waals surface area contributed by atoms with Gasteiger partial charge in [-0.15, -0.1) is 0 Å². The van der Waals surface area contributed by atoms with E-state index in [-0.39, 0.29) is 58.4 Å². The van der Waals surface area contributed by atoms with Crippen LogP contribution < -0.4 is 64.1 Å². The number of nitriles is 1. The monoisotopic (exact) mass is 1920 g/mol. The van der Waals surface area contributed by atoms with E-state index in [1.165, 1.54) is 90.9 Å². The number of unbranched alkanes of at least 4 members (excludes halogenated alkanes) is 7. The Labute approximate surface area is 800 Å². The number of hydroxylamine groups is 2. The van der Waals surface area contributed by atoms with Crippen molar-refractivity contribution in [2.24, 2.45) is 0 Å². The molecule has 8 atom stereocenters. The number of ether oxygens (including phenoxy) is 7. The van der Waals surface area contributed by atoms with Crippen molar-refractivity contribution in [2.75, 3.05) is 45.9 Å². The summed E-state index contributed by atoms with van der Waals surface area (Å²) in [5.74, 6) is 5.19. The van der Waals surface area contributed by atoms with Gasteiger partial charge in [0.05, 0.1) is 48.7 Å². The van der Waals surface area contributed by atoms with Crippen LogP contribution >= 0.6 is 0 Å². The fraction of sp³-hybridized carbons (Fsp3) is 0.539. The van der Waals surface area contributed by atoms with E-state index in [2.05, 4.69) is 223 Å². The molecule has 2 saturated heterocycles. The molecule has 11 rings (SSSR count). The molecule has 2 aliphatic heterocycles. The van der Waals surface area contributed by atoms with Gasteiger partial charge in [-0.1, -0.05) is 170 Å². The van der Waals surface area contributed by atoms with Gasteiger partial charge >= 0.3 is 29.2 Å². The minimum Gasteiger partial charge on any atom is -0.508 e. The van der Waals surface area contributed by atoms with Gasteiger partial charge in [-0.3, -0.25) is 25.6 Å². The molecule has 7 aromatic rings. The second-order valence-electron chi connectivity index (χ2n) is 38.7. The van der Waals surface area contributed by atoms with Crippen LogP contribution in [0.25, 0.3) is 0 Å². The van der Waals surface area contributed by atoms with Crippen LogP contribution in [0.1, 0.15) is 238 Å². The molecule has 1 spiro atoms. The lowest BCUT2D eigenvalue weighted by molar-refractivity contribution is -0.166. The summed E-state index contributed by atoms with van der Waals surface area (Å²) in [4.78, 5) is 48.1. The van der Waals surface area contributed by atoms with E-state index in [4.69, 9.17) is 60.2 Å². The number of phenols is 1. The molecule has 6 amide bonds. The van der Waals surface area contributed by atoms with Crippen LogP contribution in [0.2, 0.25) is 65.0 Å². The molecule has 732 valence electrons. The second kappa shape index (κ2) is 51.9.